The van der Waals surface area contributed by atoms with Crippen LogP contribution < -0.4 is 10.1 Å². The third-order valence-corrected chi connectivity index (χ3v) is 2.99. The molecule has 2 rings (SSSR count). The maximum absolute atomic E-state index is 11.1. The Hall–Kier alpha value is -0.940. The van der Waals surface area contributed by atoms with Gasteiger partial charge in [0.1, 0.15) is 5.75 Å². The van der Waals surface area contributed by atoms with E-state index in [1.54, 1.807) is 7.11 Å². The second kappa shape index (κ2) is 6.12. The van der Waals surface area contributed by atoms with Crippen LogP contribution in [0.3, 0.4) is 0 Å². The van der Waals surface area contributed by atoms with Gasteiger partial charge in [0.05, 0.1) is 19.8 Å². The highest BCUT2D eigenvalue weighted by Crippen LogP contribution is 2.31. The van der Waals surface area contributed by atoms with Crippen LogP contribution >= 0.6 is 28.3 Å². The van der Waals surface area contributed by atoms with Crippen molar-refractivity contribution >= 4 is 34.4 Å². The highest BCUT2D eigenvalue weighted by Gasteiger charge is 2.23. The number of rotatable bonds is 2. The van der Waals surface area contributed by atoms with Crippen molar-refractivity contribution in [1.29, 1.82) is 0 Å². The molecule has 1 N–H and O–H groups in total. The normalized spacial score (nSPS) is 18.7. The molecule has 94 valence electrons. The molecule has 1 aromatic carbocycles. The summed E-state index contributed by atoms with van der Waals surface area (Å²) in [6, 6.07) is 5.69. The summed E-state index contributed by atoms with van der Waals surface area (Å²) in [5.74, 6) is 0.774. The fourth-order valence-corrected chi connectivity index (χ4v) is 2.12. The van der Waals surface area contributed by atoms with Gasteiger partial charge in [0, 0.05) is 16.5 Å². The van der Waals surface area contributed by atoms with Gasteiger partial charge in [0.2, 0.25) is 0 Å². The molecule has 0 aromatic heterocycles. The Bertz CT molecular complexity index is 414. The van der Waals surface area contributed by atoms with E-state index in [0.717, 1.165) is 22.2 Å². The van der Waals surface area contributed by atoms with E-state index >= 15 is 0 Å². The summed E-state index contributed by atoms with van der Waals surface area (Å²) in [6.07, 6.45) is 0.372. The van der Waals surface area contributed by atoms with Gasteiger partial charge in [-0.1, -0.05) is 15.9 Å². The van der Waals surface area contributed by atoms with E-state index in [4.69, 9.17) is 9.47 Å². The third-order valence-electron chi connectivity index (χ3n) is 2.50. The van der Waals surface area contributed by atoms with Gasteiger partial charge in [-0.2, -0.15) is 0 Å². The quantitative estimate of drug-likeness (QED) is 0.910. The highest BCUT2D eigenvalue weighted by atomic mass is 79.9. The number of carbonyl (C=O) groups excluding carboxylic acids is 1. The average molecular weight is 323 g/mol. The number of hydrogen-bond acceptors (Lipinski definition) is 3. The number of cyclic esters (lactones) is 1. The van der Waals surface area contributed by atoms with Crippen LogP contribution in [0.2, 0.25) is 0 Å². The Morgan fingerprint density at radius 2 is 2.29 bits per heavy atom. The predicted octanol–water partition coefficient (Wildman–Crippen LogP) is 3.05. The number of nitrogens with one attached hydrogen (secondary N) is 1. The lowest BCUT2D eigenvalue weighted by atomic mass is 10.0. The van der Waals surface area contributed by atoms with E-state index in [-0.39, 0.29) is 24.5 Å². The Labute approximate surface area is 114 Å². The fourth-order valence-electron chi connectivity index (χ4n) is 1.74. The standard InChI is InChI=1S/C11H12BrNO3.ClH/c1-15-10-3-2-7(12)6-8(10)9-4-5-16-11(14)13-9;/h2-3,6,9H,4-5H2,1H3,(H,13,14);1H/t9-;/m1./s1. The van der Waals surface area contributed by atoms with Crippen LogP contribution in [0.25, 0.3) is 0 Å². The number of alkyl carbamates (subject to hydrolysis) is 1. The summed E-state index contributed by atoms with van der Waals surface area (Å²) in [5, 5.41) is 2.77. The average Bonchev–Trinajstić information content (AvgIpc) is 2.29. The van der Waals surface area contributed by atoms with E-state index < -0.39 is 0 Å². The molecule has 0 radical (unpaired) electrons. The summed E-state index contributed by atoms with van der Waals surface area (Å²) < 4.78 is 11.1. The molecule has 0 saturated carbocycles. The van der Waals surface area contributed by atoms with Crippen LogP contribution in [0.5, 0.6) is 5.75 Å². The van der Waals surface area contributed by atoms with Crippen molar-refractivity contribution in [1.82, 2.24) is 5.32 Å². The van der Waals surface area contributed by atoms with Crippen LogP contribution in [0.1, 0.15) is 18.0 Å². The monoisotopic (exact) mass is 321 g/mol. The molecule has 0 aliphatic carbocycles. The number of halogens is 2. The second-order valence-electron chi connectivity index (χ2n) is 3.51. The Kier molecular flexibility index (Phi) is 5.08. The van der Waals surface area contributed by atoms with Gasteiger partial charge in [0.15, 0.2) is 0 Å². The SMILES string of the molecule is COc1ccc(Br)cc1[C@H]1CCOC(=O)N1.Cl. The largest absolute Gasteiger partial charge is 0.496 e. The first-order valence-corrected chi connectivity index (χ1v) is 5.76. The first-order chi connectivity index (χ1) is 7.70. The van der Waals surface area contributed by atoms with Gasteiger partial charge in [-0.05, 0) is 18.2 Å². The maximum atomic E-state index is 11.1. The third kappa shape index (κ3) is 3.26. The van der Waals surface area contributed by atoms with Gasteiger partial charge >= 0.3 is 6.09 Å². The van der Waals surface area contributed by atoms with Crippen molar-refractivity contribution in [3.8, 4) is 5.75 Å². The first-order valence-electron chi connectivity index (χ1n) is 4.97. The summed E-state index contributed by atoms with van der Waals surface area (Å²) >= 11 is 3.41. The Balaban J connectivity index is 0.00000144. The summed E-state index contributed by atoms with van der Waals surface area (Å²) in [4.78, 5) is 11.1. The molecule has 4 nitrogen and oxygen atoms in total. The molecule has 1 saturated heterocycles. The molecule has 0 unspecified atom stereocenters. The number of benzene rings is 1. The molecule has 1 heterocycles. The molecule has 0 bridgehead atoms. The lowest BCUT2D eigenvalue weighted by Gasteiger charge is -2.25. The van der Waals surface area contributed by atoms with Crippen molar-refractivity contribution in [3.63, 3.8) is 0 Å². The minimum Gasteiger partial charge on any atom is -0.496 e. The van der Waals surface area contributed by atoms with Crippen LogP contribution in [0.15, 0.2) is 22.7 Å². The van der Waals surface area contributed by atoms with Crippen LogP contribution in [-0.2, 0) is 4.74 Å². The Morgan fingerprint density at radius 3 is 2.94 bits per heavy atom. The zero-order valence-corrected chi connectivity index (χ0v) is 11.6. The summed E-state index contributed by atoms with van der Waals surface area (Å²) in [6.45, 7) is 0.437. The fraction of sp³-hybridized carbons (Fsp3) is 0.364. The van der Waals surface area contributed by atoms with Gasteiger partial charge in [0.25, 0.3) is 0 Å². The van der Waals surface area contributed by atoms with Gasteiger partial charge in [-0.15, -0.1) is 12.4 Å². The molecule has 6 heteroatoms. The van der Waals surface area contributed by atoms with E-state index in [1.807, 2.05) is 18.2 Å². The smallest absolute Gasteiger partial charge is 0.407 e. The number of hydrogen-bond donors (Lipinski definition) is 1. The summed E-state index contributed by atoms with van der Waals surface area (Å²) in [7, 11) is 1.62. The van der Waals surface area contributed by atoms with Gasteiger partial charge in [-0.25, -0.2) is 4.79 Å². The van der Waals surface area contributed by atoms with Crippen molar-refractivity contribution in [3.05, 3.63) is 28.2 Å². The number of amides is 1. The van der Waals surface area contributed by atoms with Crippen LogP contribution in [0, 0.1) is 0 Å². The van der Waals surface area contributed by atoms with Gasteiger partial charge in [-0.3, -0.25) is 0 Å². The lowest BCUT2D eigenvalue weighted by molar-refractivity contribution is 0.115. The minimum absolute atomic E-state index is 0. The zero-order chi connectivity index (χ0) is 11.5. The summed E-state index contributed by atoms with van der Waals surface area (Å²) in [5.41, 5.74) is 0.966. The molecule has 1 aromatic rings. The lowest BCUT2D eigenvalue weighted by Crippen LogP contribution is -2.35. The van der Waals surface area contributed by atoms with Crippen LogP contribution in [0.4, 0.5) is 4.79 Å². The molecule has 1 aliphatic heterocycles. The Morgan fingerprint density at radius 1 is 1.53 bits per heavy atom. The van der Waals surface area contributed by atoms with Crippen molar-refractivity contribution in [2.75, 3.05) is 13.7 Å². The van der Waals surface area contributed by atoms with E-state index in [9.17, 15) is 4.79 Å². The van der Waals surface area contributed by atoms with E-state index in [0.29, 0.717) is 6.61 Å². The maximum Gasteiger partial charge on any atom is 0.407 e. The zero-order valence-electron chi connectivity index (χ0n) is 9.23. The molecular formula is C11H13BrClNO3. The second-order valence-corrected chi connectivity index (χ2v) is 4.42. The first kappa shape index (κ1) is 14.1. The molecule has 0 spiro atoms. The minimum atomic E-state index is -0.377. The molecule has 1 aliphatic rings. The van der Waals surface area contributed by atoms with E-state index in [2.05, 4.69) is 21.2 Å². The van der Waals surface area contributed by atoms with E-state index in [1.165, 1.54) is 0 Å². The molecule has 1 atom stereocenters. The number of methoxy groups -OCH3 is 1. The highest BCUT2D eigenvalue weighted by molar-refractivity contribution is 9.10. The van der Waals surface area contributed by atoms with Crippen molar-refractivity contribution < 1.29 is 14.3 Å². The number of carbonyl (C=O) groups is 1. The van der Waals surface area contributed by atoms with Gasteiger partial charge < -0.3 is 14.8 Å². The predicted molar refractivity (Wildman–Crippen MR) is 69.8 cm³/mol. The topological polar surface area (TPSA) is 47.6 Å². The molecule has 1 fully saturated rings. The molecular weight excluding hydrogens is 309 g/mol. The van der Waals surface area contributed by atoms with Crippen molar-refractivity contribution in [2.24, 2.45) is 0 Å². The number of ether oxygens (including phenoxy) is 2. The van der Waals surface area contributed by atoms with Crippen LogP contribution in [-0.4, -0.2) is 19.8 Å². The molecule has 1 amide bonds. The van der Waals surface area contributed by atoms with Crippen molar-refractivity contribution in [2.45, 2.75) is 12.5 Å². The molecule has 17 heavy (non-hydrogen) atoms.